The molecule has 0 aliphatic carbocycles. The van der Waals surface area contributed by atoms with Gasteiger partial charge in [-0.05, 0) is 32.0 Å². The fourth-order valence-corrected chi connectivity index (χ4v) is 2.33. The molecule has 0 aliphatic heterocycles. The lowest BCUT2D eigenvalue weighted by molar-refractivity contribution is -0.138. The van der Waals surface area contributed by atoms with Crippen LogP contribution >= 0.6 is 12.6 Å². The molecule has 0 unspecified atom stereocenters. The number of nitrogens with one attached hydrogen (secondary N) is 1. The van der Waals surface area contributed by atoms with Gasteiger partial charge >= 0.3 is 6.18 Å². The monoisotopic (exact) mass is 429 g/mol. The molecule has 2 rings (SSSR count). The van der Waals surface area contributed by atoms with E-state index >= 15 is 0 Å². The Morgan fingerprint density at radius 1 is 1.34 bits per heavy atom. The number of hydrogen-bond donors (Lipinski definition) is 4. The summed E-state index contributed by atoms with van der Waals surface area (Å²) in [5, 5.41) is 12.2. The zero-order chi connectivity index (χ0) is 21.8. The van der Waals surface area contributed by atoms with Crippen LogP contribution in [0.25, 0.3) is 5.57 Å². The Bertz CT molecular complexity index is 939. The maximum Gasteiger partial charge on any atom is 0.419 e. The van der Waals surface area contributed by atoms with Crippen LogP contribution in [0.4, 0.5) is 29.2 Å². The average Bonchev–Trinajstić information content (AvgIpc) is 2.59. The molecule has 2 aromatic rings. The first-order valence-corrected chi connectivity index (χ1v) is 8.69. The lowest BCUT2D eigenvalue weighted by atomic mass is 10.1. The maximum atomic E-state index is 14.0. The molecular formula is C18H19F4N5OS. The number of nitrogens with zero attached hydrogens (tertiary/aromatic N) is 3. The maximum absolute atomic E-state index is 14.0. The molecule has 0 bridgehead atoms. The van der Waals surface area contributed by atoms with Gasteiger partial charge in [-0.3, -0.25) is 4.99 Å². The number of halogens is 4. The van der Waals surface area contributed by atoms with Crippen molar-refractivity contribution in [3.63, 3.8) is 0 Å². The highest BCUT2D eigenvalue weighted by Gasteiger charge is 2.36. The van der Waals surface area contributed by atoms with Crippen molar-refractivity contribution in [2.45, 2.75) is 30.5 Å². The van der Waals surface area contributed by atoms with Gasteiger partial charge in [0.1, 0.15) is 11.4 Å². The number of benzene rings is 1. The van der Waals surface area contributed by atoms with Gasteiger partial charge in [0.15, 0.2) is 0 Å². The second kappa shape index (κ2) is 8.78. The fraction of sp³-hybridized carbons (Fsp3) is 0.278. The van der Waals surface area contributed by atoms with E-state index in [2.05, 4.69) is 32.9 Å². The molecule has 0 radical (unpaired) electrons. The fourth-order valence-electron chi connectivity index (χ4n) is 2.15. The largest absolute Gasteiger partial charge is 0.419 e. The minimum absolute atomic E-state index is 0.0394. The van der Waals surface area contributed by atoms with Crippen molar-refractivity contribution in [1.29, 1.82) is 0 Å². The summed E-state index contributed by atoms with van der Waals surface area (Å²) in [4.78, 5) is 11.8. The van der Waals surface area contributed by atoms with Crippen molar-refractivity contribution in [2.24, 2.45) is 10.7 Å². The number of aliphatic hydroxyl groups is 1. The van der Waals surface area contributed by atoms with Crippen LogP contribution in [0, 0.1) is 5.82 Å². The predicted molar refractivity (Wildman–Crippen MR) is 106 cm³/mol. The number of allylic oxidation sites excluding steroid dienone is 1. The van der Waals surface area contributed by atoms with Crippen LogP contribution in [0.5, 0.6) is 0 Å². The first kappa shape index (κ1) is 22.6. The summed E-state index contributed by atoms with van der Waals surface area (Å²) in [6.45, 7) is 2.92. The Hall–Kier alpha value is -2.66. The highest BCUT2D eigenvalue weighted by molar-refractivity contribution is 7.80. The number of nitrogens with two attached hydrogens (primary N) is 1. The Kier molecular flexibility index (Phi) is 6.85. The Labute approximate surface area is 170 Å². The van der Waals surface area contributed by atoms with E-state index in [1.807, 2.05) is 0 Å². The first-order valence-electron chi connectivity index (χ1n) is 8.25. The van der Waals surface area contributed by atoms with E-state index < -0.39 is 28.9 Å². The van der Waals surface area contributed by atoms with Crippen molar-refractivity contribution in [3.05, 3.63) is 47.7 Å². The van der Waals surface area contributed by atoms with E-state index in [1.54, 1.807) is 0 Å². The number of alkyl halides is 3. The Morgan fingerprint density at radius 3 is 2.59 bits per heavy atom. The van der Waals surface area contributed by atoms with Crippen LogP contribution < -0.4 is 11.1 Å². The third-order valence-electron chi connectivity index (χ3n) is 3.45. The van der Waals surface area contributed by atoms with E-state index in [9.17, 15) is 22.7 Å². The Morgan fingerprint density at radius 2 is 2.03 bits per heavy atom. The van der Waals surface area contributed by atoms with Gasteiger partial charge in [-0.15, -0.1) is 12.6 Å². The zero-order valence-corrected chi connectivity index (χ0v) is 16.4. The first-order chi connectivity index (χ1) is 13.4. The van der Waals surface area contributed by atoms with Gasteiger partial charge in [-0.25, -0.2) is 14.4 Å². The van der Waals surface area contributed by atoms with Crippen molar-refractivity contribution < 1.29 is 22.7 Å². The molecule has 1 aromatic carbocycles. The molecule has 0 atom stereocenters. The van der Waals surface area contributed by atoms with Crippen molar-refractivity contribution in [2.75, 3.05) is 11.9 Å². The molecule has 0 saturated heterocycles. The molecule has 1 aromatic heterocycles. The zero-order valence-electron chi connectivity index (χ0n) is 15.5. The standard InChI is InChI=1S/C18H19F4N5OS/c1-17(2,28)9-24-7-10(6-23)15-12(18(20,21)22)8-25-16(27-15)26-14-4-3-11(29)5-13(14)19/h3-8,28-29H,9,23H2,1-2H3,(H,25,26,27)/b10-6+,24-7?. The van der Waals surface area contributed by atoms with E-state index in [4.69, 9.17) is 5.73 Å². The van der Waals surface area contributed by atoms with Gasteiger partial charge in [-0.2, -0.15) is 13.2 Å². The smallest absolute Gasteiger partial charge is 0.404 e. The van der Waals surface area contributed by atoms with E-state index in [1.165, 1.54) is 26.0 Å². The van der Waals surface area contributed by atoms with E-state index in [0.29, 0.717) is 11.1 Å². The summed E-state index contributed by atoms with van der Waals surface area (Å²) in [6, 6.07) is 3.97. The lowest BCUT2D eigenvalue weighted by Crippen LogP contribution is -2.22. The average molecular weight is 429 g/mol. The molecule has 0 aliphatic rings. The SMILES string of the molecule is CC(C)(O)CN=C/C(=C\N)c1nc(Nc2ccc(S)cc2F)ncc1C(F)(F)F. The number of thiol groups is 1. The summed E-state index contributed by atoms with van der Waals surface area (Å²) in [5.74, 6) is -0.946. The third kappa shape index (κ3) is 6.43. The third-order valence-corrected chi connectivity index (χ3v) is 3.73. The molecule has 4 N–H and O–H groups in total. The van der Waals surface area contributed by atoms with Crippen LogP contribution in [0.2, 0.25) is 0 Å². The predicted octanol–water partition coefficient (Wildman–Crippen LogP) is 3.81. The highest BCUT2D eigenvalue weighted by atomic mass is 32.1. The number of hydrogen-bond acceptors (Lipinski definition) is 7. The summed E-state index contributed by atoms with van der Waals surface area (Å²) in [6.07, 6.45) is -2.20. The molecule has 6 nitrogen and oxygen atoms in total. The molecule has 0 fully saturated rings. The number of anilines is 2. The van der Waals surface area contributed by atoms with Gasteiger partial charge in [0, 0.05) is 29.1 Å². The van der Waals surface area contributed by atoms with Crippen LogP contribution in [0.15, 0.2) is 40.5 Å². The van der Waals surface area contributed by atoms with Crippen LogP contribution in [0.1, 0.15) is 25.1 Å². The van der Waals surface area contributed by atoms with Crippen LogP contribution in [-0.2, 0) is 6.18 Å². The van der Waals surface area contributed by atoms with E-state index in [0.717, 1.165) is 18.5 Å². The van der Waals surface area contributed by atoms with E-state index in [-0.39, 0.29) is 23.8 Å². The molecule has 0 saturated carbocycles. The summed E-state index contributed by atoms with van der Waals surface area (Å²) < 4.78 is 54.2. The molecule has 0 amide bonds. The van der Waals surface area contributed by atoms with Gasteiger partial charge in [0.2, 0.25) is 5.95 Å². The number of rotatable bonds is 6. The van der Waals surface area contributed by atoms with Crippen molar-refractivity contribution >= 4 is 36.1 Å². The molecule has 29 heavy (non-hydrogen) atoms. The van der Waals surface area contributed by atoms with Gasteiger partial charge in [0.25, 0.3) is 0 Å². The minimum atomic E-state index is -4.76. The number of aromatic nitrogens is 2. The minimum Gasteiger partial charge on any atom is -0.404 e. The van der Waals surface area contributed by atoms with Crippen molar-refractivity contribution in [1.82, 2.24) is 9.97 Å². The molecule has 0 spiro atoms. The summed E-state index contributed by atoms with van der Waals surface area (Å²) >= 11 is 4.00. The normalized spacial score (nSPS) is 13.2. The second-order valence-corrected chi connectivity index (χ2v) is 7.16. The highest BCUT2D eigenvalue weighted by Crippen LogP contribution is 2.34. The van der Waals surface area contributed by atoms with Crippen molar-refractivity contribution in [3.8, 4) is 0 Å². The van der Waals surface area contributed by atoms with Crippen LogP contribution in [-0.4, -0.2) is 33.4 Å². The molecule has 156 valence electrons. The summed E-state index contributed by atoms with van der Waals surface area (Å²) in [5.41, 5.74) is 2.47. The van der Waals surface area contributed by atoms with Gasteiger partial charge in [0.05, 0.1) is 23.5 Å². The Balaban J connectivity index is 2.45. The number of aliphatic imine (C=N–C) groups is 1. The molecular weight excluding hydrogens is 410 g/mol. The lowest BCUT2D eigenvalue weighted by Gasteiger charge is -2.15. The molecule has 11 heteroatoms. The van der Waals surface area contributed by atoms with Crippen LogP contribution in [0.3, 0.4) is 0 Å². The summed E-state index contributed by atoms with van der Waals surface area (Å²) in [7, 11) is 0. The molecule has 1 heterocycles. The second-order valence-electron chi connectivity index (χ2n) is 6.65. The van der Waals surface area contributed by atoms with Gasteiger partial charge < -0.3 is 16.2 Å². The quantitative estimate of drug-likeness (QED) is 0.318. The topological polar surface area (TPSA) is 96.4 Å². The van der Waals surface area contributed by atoms with Gasteiger partial charge in [-0.1, -0.05) is 0 Å².